The maximum atomic E-state index is 11.0. The lowest BCUT2D eigenvalue weighted by molar-refractivity contribution is -0.134. The van der Waals surface area contributed by atoms with Gasteiger partial charge in [0.2, 0.25) is 5.04 Å². The summed E-state index contributed by atoms with van der Waals surface area (Å²) in [7, 11) is 1.63. The number of carbonyl (C=O) groups is 1. The SMILES string of the molecule is CCOC(=O)/C(=N\NC)SC. The summed E-state index contributed by atoms with van der Waals surface area (Å²) in [4.78, 5) is 11.0. The van der Waals surface area contributed by atoms with Gasteiger partial charge in [0.05, 0.1) is 6.61 Å². The molecule has 0 spiro atoms. The zero-order chi connectivity index (χ0) is 8.69. The lowest BCUT2D eigenvalue weighted by Gasteiger charge is -2.01. The molecule has 0 rings (SSSR count). The summed E-state index contributed by atoms with van der Waals surface area (Å²) >= 11 is 1.26. The fourth-order valence-corrected chi connectivity index (χ4v) is 0.877. The van der Waals surface area contributed by atoms with E-state index in [4.69, 9.17) is 4.74 Å². The first-order valence-electron chi connectivity index (χ1n) is 3.21. The molecule has 0 heterocycles. The number of hydrogen-bond acceptors (Lipinski definition) is 5. The van der Waals surface area contributed by atoms with E-state index in [-0.39, 0.29) is 5.97 Å². The van der Waals surface area contributed by atoms with Crippen molar-refractivity contribution in [3.63, 3.8) is 0 Å². The molecule has 0 aromatic rings. The number of ether oxygens (including phenoxy) is 1. The summed E-state index contributed by atoms with van der Waals surface area (Å²) in [5.41, 5.74) is 2.52. The van der Waals surface area contributed by atoms with Gasteiger partial charge in [-0.2, -0.15) is 5.10 Å². The van der Waals surface area contributed by atoms with E-state index in [1.165, 1.54) is 11.8 Å². The Bertz CT molecular complexity index is 159. The minimum absolute atomic E-state index is 0.342. The van der Waals surface area contributed by atoms with Crippen molar-refractivity contribution in [2.45, 2.75) is 6.92 Å². The second-order valence-electron chi connectivity index (χ2n) is 1.57. The molecule has 0 aromatic heterocycles. The Hall–Kier alpha value is -0.710. The first kappa shape index (κ1) is 10.3. The van der Waals surface area contributed by atoms with E-state index in [1.807, 2.05) is 0 Å². The van der Waals surface area contributed by atoms with Crippen molar-refractivity contribution in [3.8, 4) is 0 Å². The van der Waals surface area contributed by atoms with Crippen LogP contribution in [-0.2, 0) is 9.53 Å². The van der Waals surface area contributed by atoms with E-state index < -0.39 is 0 Å². The molecule has 0 saturated heterocycles. The Morgan fingerprint density at radius 2 is 2.36 bits per heavy atom. The number of hydrazone groups is 1. The van der Waals surface area contributed by atoms with Gasteiger partial charge in [-0.05, 0) is 13.2 Å². The third-order valence-corrected chi connectivity index (χ3v) is 1.50. The van der Waals surface area contributed by atoms with E-state index in [9.17, 15) is 4.79 Å². The van der Waals surface area contributed by atoms with E-state index in [0.29, 0.717) is 11.7 Å². The summed E-state index contributed by atoms with van der Waals surface area (Å²) in [6.07, 6.45) is 1.77. The molecule has 4 nitrogen and oxygen atoms in total. The minimum atomic E-state index is -0.380. The van der Waals surface area contributed by atoms with Crippen molar-refractivity contribution < 1.29 is 9.53 Å². The van der Waals surface area contributed by atoms with Crippen molar-refractivity contribution in [2.75, 3.05) is 19.9 Å². The summed E-state index contributed by atoms with van der Waals surface area (Å²) in [6.45, 7) is 2.14. The first-order valence-corrected chi connectivity index (χ1v) is 4.44. The largest absolute Gasteiger partial charge is 0.461 e. The van der Waals surface area contributed by atoms with Crippen LogP contribution in [0.15, 0.2) is 5.10 Å². The van der Waals surface area contributed by atoms with E-state index >= 15 is 0 Å². The van der Waals surface area contributed by atoms with E-state index in [0.717, 1.165) is 0 Å². The van der Waals surface area contributed by atoms with Gasteiger partial charge in [0.1, 0.15) is 0 Å². The van der Waals surface area contributed by atoms with E-state index in [1.54, 1.807) is 20.2 Å². The van der Waals surface area contributed by atoms with Gasteiger partial charge in [-0.3, -0.25) is 0 Å². The Balaban J connectivity index is 4.03. The lowest BCUT2D eigenvalue weighted by Crippen LogP contribution is -2.16. The fourth-order valence-electron chi connectivity index (χ4n) is 0.469. The van der Waals surface area contributed by atoms with Crippen LogP contribution in [0.4, 0.5) is 0 Å². The number of thioether (sulfide) groups is 1. The maximum absolute atomic E-state index is 11.0. The van der Waals surface area contributed by atoms with Crippen LogP contribution in [0.3, 0.4) is 0 Å². The highest BCUT2D eigenvalue weighted by Crippen LogP contribution is 1.99. The fraction of sp³-hybridized carbons (Fsp3) is 0.667. The summed E-state index contributed by atoms with van der Waals surface area (Å²) in [5, 5.41) is 4.06. The molecular weight excluding hydrogens is 164 g/mol. The van der Waals surface area contributed by atoms with Gasteiger partial charge in [-0.15, -0.1) is 11.8 Å². The van der Waals surface area contributed by atoms with Crippen molar-refractivity contribution in [1.82, 2.24) is 5.43 Å². The number of carbonyl (C=O) groups excluding carboxylic acids is 1. The molecule has 1 N–H and O–H groups in total. The third kappa shape index (κ3) is 3.87. The molecule has 0 aliphatic carbocycles. The number of rotatable bonds is 2. The number of esters is 1. The highest BCUT2D eigenvalue weighted by molar-refractivity contribution is 8.15. The summed E-state index contributed by atoms with van der Waals surface area (Å²) in [5.74, 6) is -0.380. The van der Waals surface area contributed by atoms with Crippen molar-refractivity contribution in [1.29, 1.82) is 0 Å². The standard InChI is InChI=1S/C6H12N2O2S/c1-4-10-6(9)5(11-3)8-7-2/h7H,4H2,1-3H3/b8-5+. The molecular formula is C6H12N2O2S. The van der Waals surface area contributed by atoms with Crippen molar-refractivity contribution >= 4 is 22.8 Å². The van der Waals surface area contributed by atoms with Gasteiger partial charge in [0.25, 0.3) is 0 Å². The Morgan fingerprint density at radius 3 is 2.73 bits per heavy atom. The Kier molecular flexibility index (Phi) is 5.64. The predicted octanol–water partition coefficient (Wildman–Crippen LogP) is 0.445. The maximum Gasteiger partial charge on any atom is 0.365 e. The van der Waals surface area contributed by atoms with E-state index in [2.05, 4.69) is 10.5 Å². The molecule has 64 valence electrons. The van der Waals surface area contributed by atoms with Gasteiger partial charge >= 0.3 is 5.97 Å². The second-order valence-corrected chi connectivity index (χ2v) is 2.36. The highest BCUT2D eigenvalue weighted by Gasteiger charge is 2.09. The van der Waals surface area contributed by atoms with Gasteiger partial charge in [0, 0.05) is 7.05 Å². The Morgan fingerprint density at radius 1 is 1.73 bits per heavy atom. The molecule has 0 aliphatic heterocycles. The zero-order valence-corrected chi connectivity index (χ0v) is 7.70. The topological polar surface area (TPSA) is 50.7 Å². The molecule has 11 heavy (non-hydrogen) atoms. The van der Waals surface area contributed by atoms with Crippen LogP contribution in [0.5, 0.6) is 0 Å². The quantitative estimate of drug-likeness (QED) is 0.287. The van der Waals surface area contributed by atoms with Crippen LogP contribution in [0.25, 0.3) is 0 Å². The number of nitrogens with zero attached hydrogens (tertiary/aromatic N) is 1. The molecule has 0 saturated carbocycles. The highest BCUT2D eigenvalue weighted by atomic mass is 32.2. The Labute approximate surface area is 70.4 Å². The number of hydrogen-bond donors (Lipinski definition) is 1. The molecule has 0 fully saturated rings. The zero-order valence-electron chi connectivity index (χ0n) is 6.88. The number of nitrogens with one attached hydrogen (secondary N) is 1. The molecule has 0 bridgehead atoms. The third-order valence-electron chi connectivity index (χ3n) is 0.857. The molecule has 0 unspecified atom stereocenters. The van der Waals surface area contributed by atoms with Gasteiger partial charge in [0.15, 0.2) is 0 Å². The average molecular weight is 176 g/mol. The van der Waals surface area contributed by atoms with Crippen molar-refractivity contribution in [2.24, 2.45) is 5.10 Å². The first-order chi connectivity index (χ1) is 5.26. The molecule has 0 aliphatic rings. The van der Waals surface area contributed by atoms with Crippen LogP contribution in [0.2, 0.25) is 0 Å². The van der Waals surface area contributed by atoms with Crippen LogP contribution in [0, 0.1) is 0 Å². The van der Waals surface area contributed by atoms with Crippen LogP contribution in [0.1, 0.15) is 6.92 Å². The van der Waals surface area contributed by atoms with Crippen LogP contribution >= 0.6 is 11.8 Å². The van der Waals surface area contributed by atoms with Crippen LogP contribution < -0.4 is 5.43 Å². The second kappa shape index (κ2) is 6.03. The smallest absolute Gasteiger partial charge is 0.365 e. The molecule has 0 aromatic carbocycles. The monoisotopic (exact) mass is 176 g/mol. The van der Waals surface area contributed by atoms with Gasteiger partial charge < -0.3 is 10.2 Å². The lowest BCUT2D eigenvalue weighted by atomic mass is 10.7. The molecule has 0 atom stereocenters. The van der Waals surface area contributed by atoms with Crippen molar-refractivity contribution in [3.05, 3.63) is 0 Å². The van der Waals surface area contributed by atoms with Crippen LogP contribution in [-0.4, -0.2) is 30.9 Å². The van der Waals surface area contributed by atoms with Gasteiger partial charge in [-0.1, -0.05) is 0 Å². The predicted molar refractivity (Wildman–Crippen MR) is 46.6 cm³/mol. The average Bonchev–Trinajstić information content (AvgIpc) is 2.00. The summed E-state index contributed by atoms with van der Waals surface area (Å²) < 4.78 is 4.72. The van der Waals surface area contributed by atoms with Gasteiger partial charge in [-0.25, -0.2) is 4.79 Å². The molecule has 5 heteroatoms. The minimum Gasteiger partial charge on any atom is -0.461 e. The molecule has 0 radical (unpaired) electrons. The molecule has 0 amide bonds. The normalized spacial score (nSPS) is 11.0. The summed E-state index contributed by atoms with van der Waals surface area (Å²) in [6, 6.07) is 0.